The molecule has 0 spiro atoms. The van der Waals surface area contributed by atoms with Crippen LogP contribution in [0.2, 0.25) is 0 Å². The monoisotopic (exact) mass is 350 g/mol. The lowest BCUT2D eigenvalue weighted by molar-refractivity contribution is -0.274. The van der Waals surface area contributed by atoms with E-state index in [9.17, 15) is 18.0 Å². The number of hydrogen-bond acceptors (Lipinski definition) is 3. The number of carbonyl (C=O) groups excluding carboxylic acids is 1. The second-order valence-electron chi connectivity index (χ2n) is 5.89. The Labute approximate surface area is 143 Å². The van der Waals surface area contributed by atoms with Gasteiger partial charge >= 0.3 is 6.36 Å². The third-order valence-electron chi connectivity index (χ3n) is 4.18. The number of carbonyl (C=O) groups is 1. The molecule has 0 saturated carbocycles. The molecular formula is C18H17F3N2O2. The molecule has 4 nitrogen and oxygen atoms in total. The molecule has 0 aliphatic carbocycles. The summed E-state index contributed by atoms with van der Waals surface area (Å²) < 4.78 is 40.4. The summed E-state index contributed by atoms with van der Waals surface area (Å²) in [5, 5.41) is 0. The molecule has 2 aromatic rings. The maximum absolute atomic E-state index is 12.6. The quantitative estimate of drug-likeness (QED) is 0.840. The molecule has 1 amide bonds. The minimum Gasteiger partial charge on any atom is -0.406 e. The molecule has 1 aromatic carbocycles. The normalized spacial score (nSPS) is 17.6. The summed E-state index contributed by atoms with van der Waals surface area (Å²) >= 11 is 0. The van der Waals surface area contributed by atoms with E-state index in [1.165, 1.54) is 24.3 Å². The van der Waals surface area contributed by atoms with Crippen molar-refractivity contribution in [1.82, 2.24) is 9.88 Å². The van der Waals surface area contributed by atoms with Crippen molar-refractivity contribution in [2.24, 2.45) is 0 Å². The maximum Gasteiger partial charge on any atom is 0.573 e. The van der Waals surface area contributed by atoms with E-state index in [2.05, 4.69) is 9.72 Å². The lowest BCUT2D eigenvalue weighted by Gasteiger charge is -2.25. The lowest BCUT2D eigenvalue weighted by Crippen LogP contribution is -2.31. The van der Waals surface area contributed by atoms with Crippen LogP contribution in [-0.4, -0.2) is 28.7 Å². The van der Waals surface area contributed by atoms with Crippen LogP contribution >= 0.6 is 0 Å². The summed E-state index contributed by atoms with van der Waals surface area (Å²) in [5.74, 6) is -0.330. The SMILES string of the molecule is O=C(Cc1ccc(OC(F)(F)F)cc1)N1CCC[C@@H]1c1ccncc1. The van der Waals surface area contributed by atoms with Gasteiger partial charge in [-0.1, -0.05) is 12.1 Å². The zero-order chi connectivity index (χ0) is 17.9. The van der Waals surface area contributed by atoms with Crippen molar-refractivity contribution in [3.63, 3.8) is 0 Å². The molecule has 2 heterocycles. The van der Waals surface area contributed by atoms with Gasteiger partial charge in [0.15, 0.2) is 0 Å². The molecule has 132 valence electrons. The molecule has 25 heavy (non-hydrogen) atoms. The van der Waals surface area contributed by atoms with Crippen molar-refractivity contribution in [3.05, 3.63) is 59.9 Å². The Morgan fingerprint density at radius 2 is 1.84 bits per heavy atom. The number of nitrogens with zero attached hydrogens (tertiary/aromatic N) is 2. The van der Waals surface area contributed by atoms with Gasteiger partial charge in [-0.15, -0.1) is 13.2 Å². The Balaban J connectivity index is 1.65. The van der Waals surface area contributed by atoms with Crippen LogP contribution in [0.15, 0.2) is 48.8 Å². The number of aromatic nitrogens is 1. The number of halogens is 3. The van der Waals surface area contributed by atoms with Crippen molar-refractivity contribution < 1.29 is 22.7 Å². The molecule has 0 bridgehead atoms. The second-order valence-corrected chi connectivity index (χ2v) is 5.89. The first-order chi connectivity index (χ1) is 11.9. The Kier molecular flexibility index (Phi) is 4.92. The van der Waals surface area contributed by atoms with Crippen LogP contribution in [0.1, 0.15) is 30.0 Å². The number of benzene rings is 1. The Morgan fingerprint density at radius 1 is 1.16 bits per heavy atom. The molecule has 1 saturated heterocycles. The Morgan fingerprint density at radius 3 is 2.48 bits per heavy atom. The number of hydrogen-bond donors (Lipinski definition) is 0. The molecular weight excluding hydrogens is 333 g/mol. The van der Waals surface area contributed by atoms with Crippen LogP contribution in [0.25, 0.3) is 0 Å². The van der Waals surface area contributed by atoms with Crippen molar-refractivity contribution in [2.45, 2.75) is 31.7 Å². The van der Waals surface area contributed by atoms with E-state index >= 15 is 0 Å². The zero-order valence-corrected chi connectivity index (χ0v) is 13.4. The van der Waals surface area contributed by atoms with Gasteiger partial charge in [0.25, 0.3) is 0 Å². The third kappa shape index (κ3) is 4.49. The van der Waals surface area contributed by atoms with E-state index in [-0.39, 0.29) is 24.1 Å². The summed E-state index contributed by atoms with van der Waals surface area (Å²) in [5.41, 5.74) is 1.70. The van der Waals surface area contributed by atoms with Gasteiger partial charge in [-0.05, 0) is 48.2 Å². The van der Waals surface area contributed by atoms with Crippen LogP contribution in [0.3, 0.4) is 0 Å². The maximum atomic E-state index is 12.6. The highest BCUT2D eigenvalue weighted by Gasteiger charge is 2.31. The summed E-state index contributed by atoms with van der Waals surface area (Å²) in [6.07, 6.45) is 0.662. The molecule has 1 aliphatic rings. The lowest BCUT2D eigenvalue weighted by atomic mass is 10.1. The summed E-state index contributed by atoms with van der Waals surface area (Å²) in [6, 6.07) is 9.25. The van der Waals surface area contributed by atoms with E-state index in [0.29, 0.717) is 12.1 Å². The minimum absolute atomic E-state index is 0.0309. The van der Waals surface area contributed by atoms with Crippen molar-refractivity contribution >= 4 is 5.91 Å². The van der Waals surface area contributed by atoms with E-state index < -0.39 is 6.36 Å². The number of likely N-dealkylation sites (tertiary alicyclic amines) is 1. The third-order valence-corrected chi connectivity index (χ3v) is 4.18. The second kappa shape index (κ2) is 7.13. The van der Waals surface area contributed by atoms with Crippen molar-refractivity contribution in [2.75, 3.05) is 6.54 Å². The highest BCUT2D eigenvalue weighted by Crippen LogP contribution is 2.32. The predicted octanol–water partition coefficient (Wildman–Crippen LogP) is 3.89. The topological polar surface area (TPSA) is 42.4 Å². The summed E-state index contributed by atoms with van der Waals surface area (Å²) in [4.78, 5) is 18.4. The molecule has 7 heteroatoms. The molecule has 0 radical (unpaired) electrons. The van der Waals surface area contributed by atoms with E-state index in [1.54, 1.807) is 12.4 Å². The Bertz CT molecular complexity index is 717. The fourth-order valence-electron chi connectivity index (χ4n) is 3.08. The molecule has 1 aromatic heterocycles. The molecule has 3 rings (SSSR count). The zero-order valence-electron chi connectivity index (χ0n) is 13.4. The van der Waals surface area contributed by atoms with Gasteiger partial charge in [-0.2, -0.15) is 0 Å². The summed E-state index contributed by atoms with van der Waals surface area (Å²) in [7, 11) is 0. The van der Waals surface area contributed by atoms with E-state index in [4.69, 9.17) is 0 Å². The first-order valence-electron chi connectivity index (χ1n) is 7.96. The van der Waals surface area contributed by atoms with Gasteiger partial charge < -0.3 is 9.64 Å². The number of amides is 1. The first kappa shape index (κ1) is 17.3. The predicted molar refractivity (Wildman–Crippen MR) is 84.8 cm³/mol. The molecule has 1 aliphatic heterocycles. The largest absolute Gasteiger partial charge is 0.573 e. The van der Waals surface area contributed by atoms with Gasteiger partial charge in [0, 0.05) is 18.9 Å². The number of rotatable bonds is 4. The first-order valence-corrected chi connectivity index (χ1v) is 7.96. The Hall–Kier alpha value is -2.57. The van der Waals surface area contributed by atoms with Crippen LogP contribution < -0.4 is 4.74 Å². The van der Waals surface area contributed by atoms with Gasteiger partial charge in [0.05, 0.1) is 12.5 Å². The highest BCUT2D eigenvalue weighted by atomic mass is 19.4. The fourth-order valence-corrected chi connectivity index (χ4v) is 3.08. The minimum atomic E-state index is -4.72. The van der Waals surface area contributed by atoms with E-state index in [0.717, 1.165) is 18.4 Å². The van der Waals surface area contributed by atoms with Gasteiger partial charge in [0.2, 0.25) is 5.91 Å². The van der Waals surface area contributed by atoms with Crippen LogP contribution in [0, 0.1) is 0 Å². The smallest absolute Gasteiger partial charge is 0.406 e. The highest BCUT2D eigenvalue weighted by molar-refractivity contribution is 5.79. The average Bonchev–Trinajstić information content (AvgIpc) is 3.06. The molecule has 0 N–H and O–H groups in total. The summed E-state index contributed by atoms with van der Waals surface area (Å²) in [6.45, 7) is 0.682. The van der Waals surface area contributed by atoms with Crippen LogP contribution in [0.5, 0.6) is 5.75 Å². The van der Waals surface area contributed by atoms with Gasteiger partial charge in [0.1, 0.15) is 5.75 Å². The van der Waals surface area contributed by atoms with Crippen LogP contribution in [0.4, 0.5) is 13.2 Å². The van der Waals surface area contributed by atoms with Crippen molar-refractivity contribution in [1.29, 1.82) is 0 Å². The average molecular weight is 350 g/mol. The van der Waals surface area contributed by atoms with Crippen molar-refractivity contribution in [3.8, 4) is 5.75 Å². The van der Waals surface area contributed by atoms with Gasteiger partial charge in [-0.3, -0.25) is 9.78 Å². The number of alkyl halides is 3. The standard InChI is InChI=1S/C18H17F3N2O2/c19-18(20,21)25-15-5-3-13(4-6-15)12-17(24)23-11-1-2-16(23)14-7-9-22-10-8-14/h3-10,16H,1-2,11-12H2/t16-/m1/s1. The number of pyridine rings is 1. The molecule has 0 unspecified atom stereocenters. The van der Waals surface area contributed by atoms with Gasteiger partial charge in [-0.25, -0.2) is 0 Å². The number of ether oxygens (including phenoxy) is 1. The molecule has 1 atom stereocenters. The fraction of sp³-hybridized carbons (Fsp3) is 0.333. The van der Waals surface area contributed by atoms with Crippen LogP contribution in [-0.2, 0) is 11.2 Å². The van der Waals surface area contributed by atoms with E-state index in [1.807, 2.05) is 17.0 Å². The molecule has 1 fully saturated rings.